The molecule has 1 aromatic heterocycles. The Morgan fingerprint density at radius 2 is 2.38 bits per heavy atom. The van der Waals surface area contributed by atoms with Crippen LogP contribution >= 0.6 is 11.8 Å². The van der Waals surface area contributed by atoms with Crippen molar-refractivity contribution >= 4 is 11.8 Å². The Morgan fingerprint density at radius 1 is 1.62 bits per heavy atom. The van der Waals surface area contributed by atoms with Crippen LogP contribution in [0.25, 0.3) is 0 Å². The number of thioether (sulfide) groups is 1. The molecule has 0 radical (unpaired) electrons. The predicted molar refractivity (Wildman–Crippen MR) is 65.5 cm³/mol. The SMILES string of the molecule is CC(CC(C)(C)O)NCCSc1cn[nH]n1. The summed E-state index contributed by atoms with van der Waals surface area (Å²) >= 11 is 1.66. The fourth-order valence-corrected chi connectivity index (χ4v) is 2.20. The molecule has 0 aromatic carbocycles. The van der Waals surface area contributed by atoms with Crippen molar-refractivity contribution in [2.45, 2.75) is 43.9 Å². The lowest BCUT2D eigenvalue weighted by Gasteiger charge is -2.22. The fourth-order valence-electron chi connectivity index (χ4n) is 1.54. The first-order chi connectivity index (χ1) is 7.47. The molecular weight excluding hydrogens is 224 g/mol. The third-order valence-corrected chi connectivity index (χ3v) is 2.94. The summed E-state index contributed by atoms with van der Waals surface area (Å²) in [5, 5.41) is 24.2. The van der Waals surface area contributed by atoms with Gasteiger partial charge in [-0.25, -0.2) is 0 Å². The van der Waals surface area contributed by atoms with Crippen LogP contribution in [0.2, 0.25) is 0 Å². The molecule has 1 unspecified atom stereocenters. The highest BCUT2D eigenvalue weighted by molar-refractivity contribution is 7.99. The van der Waals surface area contributed by atoms with E-state index in [1.165, 1.54) is 0 Å². The van der Waals surface area contributed by atoms with Crippen molar-refractivity contribution in [2.75, 3.05) is 12.3 Å². The molecule has 1 rings (SSSR count). The first-order valence-corrected chi connectivity index (χ1v) is 6.40. The monoisotopic (exact) mass is 244 g/mol. The molecular formula is C10H20N4OS. The standard InChI is InChI=1S/C10H20N4OS/c1-8(6-10(2,3)15)11-4-5-16-9-7-12-14-13-9/h7-8,11,15H,4-6H2,1-3H3,(H,12,13,14). The quantitative estimate of drug-likeness (QED) is 0.493. The van der Waals surface area contributed by atoms with Gasteiger partial charge in [-0.05, 0) is 27.2 Å². The second kappa shape index (κ2) is 6.22. The van der Waals surface area contributed by atoms with Crippen molar-refractivity contribution in [3.63, 3.8) is 0 Å². The van der Waals surface area contributed by atoms with Crippen LogP contribution in [0.15, 0.2) is 11.2 Å². The predicted octanol–water partition coefficient (Wildman–Crippen LogP) is 1.04. The second-order valence-electron chi connectivity index (χ2n) is 4.53. The van der Waals surface area contributed by atoms with E-state index in [0.717, 1.165) is 23.7 Å². The van der Waals surface area contributed by atoms with Crippen LogP contribution in [-0.4, -0.2) is 44.5 Å². The minimum Gasteiger partial charge on any atom is -0.390 e. The number of nitrogens with one attached hydrogen (secondary N) is 2. The molecule has 1 aromatic rings. The molecule has 0 spiro atoms. The maximum absolute atomic E-state index is 9.63. The number of aliphatic hydroxyl groups is 1. The van der Waals surface area contributed by atoms with Crippen LogP contribution in [-0.2, 0) is 0 Å². The highest BCUT2D eigenvalue weighted by Gasteiger charge is 2.16. The number of hydrogen-bond acceptors (Lipinski definition) is 5. The van der Waals surface area contributed by atoms with Gasteiger partial charge in [0.05, 0.1) is 11.8 Å². The van der Waals surface area contributed by atoms with E-state index in [1.807, 2.05) is 13.8 Å². The molecule has 0 fully saturated rings. The van der Waals surface area contributed by atoms with Crippen molar-refractivity contribution < 1.29 is 5.11 Å². The molecule has 5 nitrogen and oxygen atoms in total. The lowest BCUT2D eigenvalue weighted by molar-refractivity contribution is 0.0616. The lowest BCUT2D eigenvalue weighted by atomic mass is 10.0. The zero-order chi connectivity index (χ0) is 12.0. The molecule has 6 heteroatoms. The van der Waals surface area contributed by atoms with Gasteiger partial charge in [0, 0.05) is 18.3 Å². The number of aromatic amines is 1. The molecule has 1 heterocycles. The molecule has 0 saturated heterocycles. The van der Waals surface area contributed by atoms with Gasteiger partial charge in [-0.15, -0.1) is 16.9 Å². The molecule has 0 aliphatic carbocycles. The first kappa shape index (κ1) is 13.5. The van der Waals surface area contributed by atoms with E-state index in [-0.39, 0.29) is 0 Å². The van der Waals surface area contributed by atoms with E-state index in [2.05, 4.69) is 27.7 Å². The van der Waals surface area contributed by atoms with Gasteiger partial charge in [-0.1, -0.05) is 0 Å². The van der Waals surface area contributed by atoms with Crippen LogP contribution < -0.4 is 5.32 Å². The van der Waals surface area contributed by atoms with Gasteiger partial charge in [-0.2, -0.15) is 10.3 Å². The lowest BCUT2D eigenvalue weighted by Crippen LogP contribution is -2.35. The summed E-state index contributed by atoms with van der Waals surface area (Å²) in [5.74, 6) is 0.947. The molecule has 0 aliphatic rings. The van der Waals surface area contributed by atoms with Gasteiger partial charge < -0.3 is 10.4 Å². The summed E-state index contributed by atoms with van der Waals surface area (Å²) in [6.07, 6.45) is 2.46. The van der Waals surface area contributed by atoms with E-state index in [4.69, 9.17) is 0 Å². The van der Waals surface area contributed by atoms with E-state index in [9.17, 15) is 5.11 Å². The smallest absolute Gasteiger partial charge is 0.138 e. The summed E-state index contributed by atoms with van der Waals surface area (Å²) in [7, 11) is 0. The molecule has 0 bridgehead atoms. The molecule has 1 atom stereocenters. The number of nitrogens with zero attached hydrogens (tertiary/aromatic N) is 2. The fraction of sp³-hybridized carbons (Fsp3) is 0.800. The van der Waals surface area contributed by atoms with E-state index in [0.29, 0.717) is 6.04 Å². The van der Waals surface area contributed by atoms with Crippen LogP contribution in [0.3, 0.4) is 0 Å². The summed E-state index contributed by atoms with van der Waals surface area (Å²) in [6.45, 7) is 6.64. The summed E-state index contributed by atoms with van der Waals surface area (Å²) in [6, 6.07) is 0.318. The Kier molecular flexibility index (Phi) is 5.24. The highest BCUT2D eigenvalue weighted by atomic mass is 32.2. The van der Waals surface area contributed by atoms with Crippen molar-refractivity contribution in [2.24, 2.45) is 0 Å². The zero-order valence-electron chi connectivity index (χ0n) is 10.0. The molecule has 0 saturated carbocycles. The highest BCUT2D eigenvalue weighted by Crippen LogP contribution is 2.12. The van der Waals surface area contributed by atoms with E-state index in [1.54, 1.807) is 18.0 Å². The Labute approximate surface area is 100 Å². The average Bonchev–Trinajstić information content (AvgIpc) is 2.62. The Balaban J connectivity index is 2.07. The molecule has 92 valence electrons. The van der Waals surface area contributed by atoms with Gasteiger partial charge in [0.15, 0.2) is 0 Å². The van der Waals surface area contributed by atoms with Crippen molar-refractivity contribution in [3.05, 3.63) is 6.20 Å². The van der Waals surface area contributed by atoms with Crippen molar-refractivity contribution in [1.29, 1.82) is 0 Å². The van der Waals surface area contributed by atoms with Gasteiger partial charge in [-0.3, -0.25) is 0 Å². The Morgan fingerprint density at radius 3 is 2.94 bits per heavy atom. The second-order valence-corrected chi connectivity index (χ2v) is 5.64. The van der Waals surface area contributed by atoms with E-state index >= 15 is 0 Å². The minimum absolute atomic E-state index is 0.318. The molecule has 3 N–H and O–H groups in total. The summed E-state index contributed by atoms with van der Waals surface area (Å²) < 4.78 is 0. The van der Waals surface area contributed by atoms with Gasteiger partial charge >= 0.3 is 0 Å². The Bertz CT molecular complexity index is 284. The number of rotatable bonds is 7. The van der Waals surface area contributed by atoms with E-state index < -0.39 is 5.60 Å². The number of hydrogen-bond donors (Lipinski definition) is 3. The number of H-pyrrole nitrogens is 1. The largest absolute Gasteiger partial charge is 0.390 e. The van der Waals surface area contributed by atoms with Gasteiger partial charge in [0.1, 0.15) is 5.03 Å². The number of aromatic nitrogens is 3. The third-order valence-electron chi connectivity index (χ3n) is 2.04. The van der Waals surface area contributed by atoms with Crippen LogP contribution in [0, 0.1) is 0 Å². The summed E-state index contributed by atoms with van der Waals surface area (Å²) in [5.41, 5.74) is -0.605. The third kappa shape index (κ3) is 6.09. The normalized spacial score (nSPS) is 14.0. The topological polar surface area (TPSA) is 73.8 Å². The van der Waals surface area contributed by atoms with Crippen LogP contribution in [0.5, 0.6) is 0 Å². The van der Waals surface area contributed by atoms with Crippen molar-refractivity contribution in [1.82, 2.24) is 20.7 Å². The van der Waals surface area contributed by atoms with Crippen molar-refractivity contribution in [3.8, 4) is 0 Å². The van der Waals surface area contributed by atoms with Crippen LogP contribution in [0.4, 0.5) is 0 Å². The minimum atomic E-state index is -0.605. The maximum Gasteiger partial charge on any atom is 0.138 e. The zero-order valence-corrected chi connectivity index (χ0v) is 10.8. The van der Waals surface area contributed by atoms with Gasteiger partial charge in [0.2, 0.25) is 0 Å². The molecule has 0 aliphatic heterocycles. The molecule has 0 amide bonds. The maximum atomic E-state index is 9.63. The average molecular weight is 244 g/mol. The first-order valence-electron chi connectivity index (χ1n) is 5.42. The van der Waals surface area contributed by atoms with Crippen LogP contribution in [0.1, 0.15) is 27.2 Å². The Hall–Kier alpha value is -0.590. The van der Waals surface area contributed by atoms with Gasteiger partial charge in [0.25, 0.3) is 0 Å². The summed E-state index contributed by atoms with van der Waals surface area (Å²) in [4.78, 5) is 0. The molecule has 16 heavy (non-hydrogen) atoms.